The van der Waals surface area contributed by atoms with Gasteiger partial charge in [-0.15, -0.1) is 0 Å². The molecular weight excluding hydrogens is 363 g/mol. The van der Waals surface area contributed by atoms with Crippen molar-refractivity contribution in [2.75, 3.05) is 32.7 Å². The summed E-state index contributed by atoms with van der Waals surface area (Å²) in [4.78, 5) is 24.0. The number of piperazine rings is 1. The number of halogens is 1. The van der Waals surface area contributed by atoms with E-state index < -0.39 is 27.8 Å². The third-order valence-corrected chi connectivity index (χ3v) is 6.39. The highest BCUT2D eigenvalue weighted by atomic mass is 32.2. The molecule has 3 N–H and O–H groups in total. The molecule has 0 radical (unpaired) electrons. The van der Waals surface area contributed by atoms with Gasteiger partial charge in [-0.2, -0.15) is 4.31 Å². The number of nitrogens with zero attached hydrogens (tertiary/aromatic N) is 1. The molecule has 2 fully saturated rings. The summed E-state index contributed by atoms with van der Waals surface area (Å²) in [7, 11) is -3.89. The summed E-state index contributed by atoms with van der Waals surface area (Å²) < 4.78 is 40.1. The second-order valence-corrected chi connectivity index (χ2v) is 8.46. The van der Waals surface area contributed by atoms with Crippen LogP contribution in [0.3, 0.4) is 0 Å². The van der Waals surface area contributed by atoms with Crippen molar-refractivity contribution in [2.24, 2.45) is 0 Å². The second-order valence-electron chi connectivity index (χ2n) is 6.56. The van der Waals surface area contributed by atoms with Crippen molar-refractivity contribution >= 4 is 22.0 Å². The zero-order chi connectivity index (χ0) is 18.7. The summed E-state index contributed by atoms with van der Waals surface area (Å²) >= 11 is 0. The van der Waals surface area contributed by atoms with Crippen molar-refractivity contribution in [3.63, 3.8) is 0 Å². The molecule has 1 aromatic rings. The molecule has 8 nitrogen and oxygen atoms in total. The van der Waals surface area contributed by atoms with E-state index in [0.29, 0.717) is 13.1 Å². The standard InChI is InChI=1S/C16H21FN4O4S/c17-13-3-1-2-4-14(13)26(24,25)21-9-7-20(8-10-21)11-15(22)19-16(23)18-12-5-6-12/h1-4,12H,5-11H2,(H2,18,19,22,23)/p+1. The molecule has 0 aromatic heterocycles. The van der Waals surface area contributed by atoms with E-state index in [2.05, 4.69) is 10.6 Å². The summed E-state index contributed by atoms with van der Waals surface area (Å²) in [5.41, 5.74) is 0. The van der Waals surface area contributed by atoms with Crippen LogP contribution >= 0.6 is 0 Å². The van der Waals surface area contributed by atoms with Crippen molar-refractivity contribution < 1.29 is 27.3 Å². The fourth-order valence-corrected chi connectivity index (χ4v) is 4.37. The third-order valence-electron chi connectivity index (χ3n) is 4.46. The first-order chi connectivity index (χ1) is 12.4. The van der Waals surface area contributed by atoms with Crippen LogP contribution in [-0.2, 0) is 14.8 Å². The number of nitrogens with one attached hydrogen (secondary N) is 3. The van der Waals surface area contributed by atoms with Gasteiger partial charge >= 0.3 is 6.03 Å². The maximum atomic E-state index is 13.8. The van der Waals surface area contributed by atoms with Crippen LogP contribution < -0.4 is 15.5 Å². The molecular formula is C16H22FN4O4S+. The van der Waals surface area contributed by atoms with Crippen LogP contribution in [-0.4, -0.2) is 63.4 Å². The van der Waals surface area contributed by atoms with E-state index in [4.69, 9.17) is 0 Å². The Morgan fingerprint density at radius 1 is 1.19 bits per heavy atom. The summed E-state index contributed by atoms with van der Waals surface area (Å²) in [5, 5.41) is 4.95. The smallest absolute Gasteiger partial charge is 0.321 e. The number of hydrogen-bond acceptors (Lipinski definition) is 4. The first-order valence-corrected chi connectivity index (χ1v) is 9.99. The summed E-state index contributed by atoms with van der Waals surface area (Å²) in [5.74, 6) is -1.17. The maximum Gasteiger partial charge on any atom is 0.321 e. The van der Waals surface area contributed by atoms with Gasteiger partial charge in [0, 0.05) is 6.04 Å². The van der Waals surface area contributed by atoms with Crippen molar-refractivity contribution in [3.8, 4) is 0 Å². The normalized spacial score (nSPS) is 19.1. The number of quaternary nitrogens is 1. The number of sulfonamides is 1. The molecule has 0 atom stereocenters. The van der Waals surface area contributed by atoms with Crippen LogP contribution in [0.5, 0.6) is 0 Å². The molecule has 1 heterocycles. The first kappa shape index (κ1) is 18.7. The monoisotopic (exact) mass is 385 g/mol. The molecule has 1 aliphatic heterocycles. The molecule has 10 heteroatoms. The minimum Gasteiger partial charge on any atom is -0.335 e. The zero-order valence-electron chi connectivity index (χ0n) is 14.2. The summed E-state index contributed by atoms with van der Waals surface area (Å²) in [6.07, 6.45) is 1.87. The van der Waals surface area contributed by atoms with E-state index >= 15 is 0 Å². The number of carbonyl (C=O) groups excluding carboxylic acids is 2. The third kappa shape index (κ3) is 4.57. The predicted molar refractivity (Wildman–Crippen MR) is 90.4 cm³/mol. The van der Waals surface area contributed by atoms with Gasteiger partial charge in [-0.25, -0.2) is 17.6 Å². The molecule has 2 aliphatic rings. The van der Waals surface area contributed by atoms with Crippen molar-refractivity contribution in [2.45, 2.75) is 23.8 Å². The molecule has 1 aliphatic carbocycles. The Morgan fingerprint density at radius 2 is 1.85 bits per heavy atom. The highest BCUT2D eigenvalue weighted by molar-refractivity contribution is 7.89. The van der Waals surface area contributed by atoms with Crippen molar-refractivity contribution in [1.29, 1.82) is 0 Å². The predicted octanol–water partition coefficient (Wildman–Crippen LogP) is -1.30. The lowest BCUT2D eigenvalue weighted by Gasteiger charge is -2.31. The number of imide groups is 1. The fraction of sp³-hybridized carbons (Fsp3) is 0.500. The van der Waals surface area contributed by atoms with Crippen LogP contribution in [0.1, 0.15) is 12.8 Å². The van der Waals surface area contributed by atoms with Gasteiger partial charge in [0.1, 0.15) is 10.7 Å². The highest BCUT2D eigenvalue weighted by Gasteiger charge is 2.33. The molecule has 142 valence electrons. The van der Waals surface area contributed by atoms with Crippen LogP contribution in [0, 0.1) is 5.82 Å². The van der Waals surface area contributed by atoms with Crippen LogP contribution in [0.4, 0.5) is 9.18 Å². The Morgan fingerprint density at radius 3 is 2.46 bits per heavy atom. The van der Waals surface area contributed by atoms with Crippen LogP contribution in [0.2, 0.25) is 0 Å². The molecule has 3 amide bonds. The molecule has 0 spiro atoms. The summed E-state index contributed by atoms with van der Waals surface area (Å²) in [6.45, 7) is 1.28. The topological polar surface area (TPSA) is 100 Å². The zero-order valence-corrected chi connectivity index (χ0v) is 15.0. The molecule has 26 heavy (non-hydrogen) atoms. The first-order valence-electron chi connectivity index (χ1n) is 8.55. The Bertz CT molecular complexity index is 789. The molecule has 1 aromatic carbocycles. The SMILES string of the molecule is O=C(C[NH+]1CCN(S(=O)(=O)c2ccccc2F)CC1)NC(=O)NC1CC1. The van der Waals surface area contributed by atoms with Crippen molar-refractivity contribution in [1.82, 2.24) is 14.9 Å². The number of carbonyl (C=O) groups is 2. The van der Waals surface area contributed by atoms with E-state index in [1.807, 2.05) is 0 Å². The summed E-state index contributed by atoms with van der Waals surface area (Å²) in [6, 6.07) is 4.96. The van der Waals surface area contributed by atoms with Gasteiger partial charge in [0.25, 0.3) is 5.91 Å². The van der Waals surface area contributed by atoms with Crippen molar-refractivity contribution in [3.05, 3.63) is 30.1 Å². The molecule has 1 saturated heterocycles. The highest BCUT2D eigenvalue weighted by Crippen LogP contribution is 2.19. The average Bonchev–Trinajstić information content (AvgIpc) is 3.39. The number of rotatable bonds is 5. The van der Waals surface area contributed by atoms with Gasteiger partial charge in [0.15, 0.2) is 6.54 Å². The number of urea groups is 1. The molecule has 0 bridgehead atoms. The lowest BCUT2D eigenvalue weighted by molar-refractivity contribution is -0.895. The second kappa shape index (κ2) is 7.68. The van der Waals surface area contributed by atoms with E-state index in [-0.39, 0.29) is 30.6 Å². The average molecular weight is 385 g/mol. The number of amides is 3. The van der Waals surface area contributed by atoms with E-state index in [1.165, 1.54) is 22.5 Å². The van der Waals surface area contributed by atoms with Gasteiger partial charge in [-0.3, -0.25) is 10.1 Å². The van der Waals surface area contributed by atoms with E-state index in [0.717, 1.165) is 23.8 Å². The number of benzene rings is 1. The maximum absolute atomic E-state index is 13.8. The van der Waals surface area contributed by atoms with E-state index in [9.17, 15) is 22.4 Å². The van der Waals surface area contributed by atoms with Crippen LogP contribution in [0.15, 0.2) is 29.2 Å². The largest absolute Gasteiger partial charge is 0.335 e. The Balaban J connectivity index is 1.50. The van der Waals surface area contributed by atoms with Gasteiger partial charge in [0.05, 0.1) is 26.2 Å². The minimum atomic E-state index is -3.89. The van der Waals surface area contributed by atoms with Gasteiger partial charge < -0.3 is 10.2 Å². The molecule has 1 saturated carbocycles. The number of hydrogen-bond donors (Lipinski definition) is 3. The Labute approximate surface area is 151 Å². The van der Waals surface area contributed by atoms with Gasteiger partial charge in [-0.1, -0.05) is 12.1 Å². The molecule has 3 rings (SSSR count). The van der Waals surface area contributed by atoms with Crippen LogP contribution in [0.25, 0.3) is 0 Å². The lowest BCUT2D eigenvalue weighted by Crippen LogP contribution is -3.15. The minimum absolute atomic E-state index is 0.0890. The van der Waals surface area contributed by atoms with Gasteiger partial charge in [0.2, 0.25) is 10.0 Å². The lowest BCUT2D eigenvalue weighted by atomic mass is 10.3. The Kier molecular flexibility index (Phi) is 5.54. The van der Waals surface area contributed by atoms with E-state index in [1.54, 1.807) is 0 Å². The Hall–Kier alpha value is -2.04. The quantitative estimate of drug-likeness (QED) is 0.587. The van der Waals surface area contributed by atoms with Gasteiger partial charge in [-0.05, 0) is 25.0 Å². The molecule has 0 unspecified atom stereocenters. The fourth-order valence-electron chi connectivity index (χ4n) is 2.86.